The van der Waals surface area contributed by atoms with Crippen molar-refractivity contribution in [3.05, 3.63) is 36.5 Å². The predicted molar refractivity (Wildman–Crippen MR) is 100 cm³/mol. The van der Waals surface area contributed by atoms with E-state index < -0.39 is 0 Å². The number of aliphatic hydroxyl groups excluding tert-OH is 1. The van der Waals surface area contributed by atoms with Crippen LogP contribution < -0.4 is 0 Å². The molecule has 0 aromatic heterocycles. The van der Waals surface area contributed by atoms with Crippen molar-refractivity contribution in [3.63, 3.8) is 0 Å². The van der Waals surface area contributed by atoms with Gasteiger partial charge in [0.15, 0.2) is 0 Å². The molecule has 1 N–H and O–H groups in total. The largest absolute Gasteiger partial charge is 0.392 e. The summed E-state index contributed by atoms with van der Waals surface area (Å²) in [5.74, 6) is 0. The summed E-state index contributed by atoms with van der Waals surface area (Å²) in [7, 11) is 0. The second-order valence-electron chi connectivity index (χ2n) is 6.92. The summed E-state index contributed by atoms with van der Waals surface area (Å²) in [5, 5.41) is 11.0. The van der Waals surface area contributed by atoms with Gasteiger partial charge in [0.2, 0.25) is 0 Å². The second kappa shape index (κ2) is 10.8. The summed E-state index contributed by atoms with van der Waals surface area (Å²) < 4.78 is 0. The van der Waals surface area contributed by atoms with E-state index in [-0.39, 0.29) is 16.9 Å². The highest BCUT2D eigenvalue weighted by Gasteiger charge is 2.41. The molecule has 22 heavy (non-hydrogen) atoms. The molecule has 0 rings (SSSR count). The lowest BCUT2D eigenvalue weighted by Crippen LogP contribution is -2.43. The molecule has 0 aliphatic rings. The summed E-state index contributed by atoms with van der Waals surface area (Å²) in [4.78, 5) is 0. The maximum atomic E-state index is 11.0. The lowest BCUT2D eigenvalue weighted by atomic mass is 9.65. The van der Waals surface area contributed by atoms with Crippen LogP contribution in [0.1, 0.15) is 80.1 Å². The zero-order valence-corrected chi connectivity index (χ0v) is 15.7. The van der Waals surface area contributed by atoms with Gasteiger partial charge in [0.05, 0.1) is 6.10 Å². The molecule has 0 aromatic carbocycles. The SMILES string of the molecule is CCC=CCC=CC=CC(C)(CC)C(O)C(C)(CC)CCC. The molecule has 0 radical (unpaired) electrons. The monoisotopic (exact) mass is 306 g/mol. The zero-order valence-electron chi connectivity index (χ0n) is 15.7. The zero-order chi connectivity index (χ0) is 17.1. The number of aliphatic hydroxyl groups is 1. The molecule has 1 heteroatoms. The Kier molecular flexibility index (Phi) is 10.4. The fourth-order valence-electron chi connectivity index (χ4n) is 3.05. The van der Waals surface area contributed by atoms with Gasteiger partial charge in [0, 0.05) is 5.41 Å². The molecular formula is C21H38O. The van der Waals surface area contributed by atoms with Crippen molar-refractivity contribution < 1.29 is 5.11 Å². The van der Waals surface area contributed by atoms with Crippen LogP contribution in [0.4, 0.5) is 0 Å². The average Bonchev–Trinajstić information content (AvgIpc) is 2.53. The highest BCUT2D eigenvalue weighted by molar-refractivity contribution is 5.12. The van der Waals surface area contributed by atoms with Gasteiger partial charge in [-0.05, 0) is 37.5 Å². The molecule has 0 aliphatic carbocycles. The van der Waals surface area contributed by atoms with Gasteiger partial charge >= 0.3 is 0 Å². The highest BCUT2D eigenvalue weighted by Crippen LogP contribution is 2.43. The van der Waals surface area contributed by atoms with Crippen LogP contribution in [0.3, 0.4) is 0 Å². The van der Waals surface area contributed by atoms with Gasteiger partial charge in [-0.1, -0.05) is 84.4 Å². The maximum Gasteiger partial charge on any atom is 0.0681 e. The first-order valence-corrected chi connectivity index (χ1v) is 9.07. The van der Waals surface area contributed by atoms with Crippen molar-refractivity contribution in [2.75, 3.05) is 0 Å². The van der Waals surface area contributed by atoms with Gasteiger partial charge in [0.1, 0.15) is 0 Å². The molecule has 3 atom stereocenters. The van der Waals surface area contributed by atoms with Crippen LogP contribution in [-0.4, -0.2) is 11.2 Å². The Labute approximate surface area is 139 Å². The Bertz CT molecular complexity index is 366. The van der Waals surface area contributed by atoms with E-state index in [1.807, 2.05) is 0 Å². The smallest absolute Gasteiger partial charge is 0.0681 e. The molecule has 1 nitrogen and oxygen atoms in total. The molecule has 0 bridgehead atoms. The van der Waals surface area contributed by atoms with Gasteiger partial charge in [-0.2, -0.15) is 0 Å². The molecule has 0 heterocycles. The predicted octanol–water partition coefficient (Wildman–Crippen LogP) is 6.45. The van der Waals surface area contributed by atoms with Gasteiger partial charge in [-0.25, -0.2) is 0 Å². The standard InChI is InChI=1S/C21H38O/c1-7-11-12-13-14-15-16-18-21(6,10-4)19(22)20(5,9-3)17-8-2/h11-12,14-16,18-19,22H,7-10,13,17H2,1-6H3. The van der Waals surface area contributed by atoms with E-state index in [2.05, 4.69) is 78.0 Å². The first-order valence-electron chi connectivity index (χ1n) is 9.07. The third-order valence-electron chi connectivity index (χ3n) is 5.07. The fraction of sp³-hybridized carbons (Fsp3) is 0.714. The number of allylic oxidation sites excluding steroid dienone is 5. The number of hydrogen-bond donors (Lipinski definition) is 1. The van der Waals surface area contributed by atoms with Crippen LogP contribution in [-0.2, 0) is 0 Å². The lowest BCUT2D eigenvalue weighted by Gasteiger charge is -2.43. The van der Waals surface area contributed by atoms with E-state index in [9.17, 15) is 5.11 Å². The molecule has 3 unspecified atom stereocenters. The summed E-state index contributed by atoms with van der Waals surface area (Å²) in [5.41, 5.74) is -0.166. The fourth-order valence-corrected chi connectivity index (χ4v) is 3.05. The Hall–Kier alpha value is -0.820. The first kappa shape index (κ1) is 21.2. The summed E-state index contributed by atoms with van der Waals surface area (Å²) >= 11 is 0. The minimum Gasteiger partial charge on any atom is -0.392 e. The quantitative estimate of drug-likeness (QED) is 0.343. The van der Waals surface area contributed by atoms with Crippen LogP contribution in [0.5, 0.6) is 0 Å². The van der Waals surface area contributed by atoms with Crippen LogP contribution in [0, 0.1) is 10.8 Å². The lowest BCUT2D eigenvalue weighted by molar-refractivity contribution is -0.0448. The van der Waals surface area contributed by atoms with Gasteiger partial charge in [-0.15, -0.1) is 0 Å². The molecule has 0 aromatic rings. The first-order chi connectivity index (χ1) is 10.4. The van der Waals surface area contributed by atoms with E-state index in [4.69, 9.17) is 0 Å². The Morgan fingerprint density at radius 2 is 1.59 bits per heavy atom. The molecule has 0 aliphatic heterocycles. The molecule has 0 amide bonds. The molecule has 128 valence electrons. The Morgan fingerprint density at radius 1 is 0.909 bits per heavy atom. The topological polar surface area (TPSA) is 20.2 Å². The van der Waals surface area contributed by atoms with Crippen LogP contribution >= 0.6 is 0 Å². The van der Waals surface area contributed by atoms with E-state index in [0.717, 1.165) is 38.5 Å². The van der Waals surface area contributed by atoms with Crippen molar-refractivity contribution in [3.8, 4) is 0 Å². The van der Waals surface area contributed by atoms with Crippen molar-refractivity contribution in [2.24, 2.45) is 10.8 Å². The van der Waals surface area contributed by atoms with Crippen molar-refractivity contribution in [1.29, 1.82) is 0 Å². The van der Waals surface area contributed by atoms with Crippen molar-refractivity contribution in [2.45, 2.75) is 86.2 Å². The molecule has 0 spiro atoms. The summed E-state index contributed by atoms with van der Waals surface area (Å²) in [6, 6.07) is 0. The Morgan fingerprint density at radius 3 is 2.09 bits per heavy atom. The minimum absolute atomic E-state index is 0.00255. The minimum atomic E-state index is -0.306. The summed E-state index contributed by atoms with van der Waals surface area (Å²) in [6.45, 7) is 13.1. The van der Waals surface area contributed by atoms with Gasteiger partial charge < -0.3 is 5.11 Å². The third kappa shape index (κ3) is 6.52. The normalized spacial score (nSPS) is 19.8. The maximum absolute atomic E-state index is 11.0. The molecular weight excluding hydrogens is 268 g/mol. The van der Waals surface area contributed by atoms with E-state index in [1.165, 1.54) is 0 Å². The second-order valence-corrected chi connectivity index (χ2v) is 6.92. The van der Waals surface area contributed by atoms with Crippen LogP contribution in [0.25, 0.3) is 0 Å². The molecule has 0 saturated carbocycles. The van der Waals surface area contributed by atoms with Gasteiger partial charge in [-0.3, -0.25) is 0 Å². The van der Waals surface area contributed by atoms with Crippen LogP contribution in [0.15, 0.2) is 36.5 Å². The van der Waals surface area contributed by atoms with Gasteiger partial charge in [0.25, 0.3) is 0 Å². The number of rotatable bonds is 11. The highest BCUT2D eigenvalue weighted by atomic mass is 16.3. The van der Waals surface area contributed by atoms with E-state index >= 15 is 0 Å². The van der Waals surface area contributed by atoms with Crippen LogP contribution in [0.2, 0.25) is 0 Å². The molecule has 0 saturated heterocycles. The van der Waals surface area contributed by atoms with E-state index in [0.29, 0.717) is 0 Å². The van der Waals surface area contributed by atoms with E-state index in [1.54, 1.807) is 0 Å². The number of hydrogen-bond acceptors (Lipinski definition) is 1. The van der Waals surface area contributed by atoms with Crippen molar-refractivity contribution >= 4 is 0 Å². The Balaban J connectivity index is 4.90. The third-order valence-corrected chi connectivity index (χ3v) is 5.07. The summed E-state index contributed by atoms with van der Waals surface area (Å²) in [6.07, 6.45) is 18.9. The van der Waals surface area contributed by atoms with Crippen molar-refractivity contribution in [1.82, 2.24) is 0 Å². The average molecular weight is 307 g/mol. The molecule has 0 fully saturated rings.